The van der Waals surface area contributed by atoms with Crippen molar-refractivity contribution in [3.63, 3.8) is 0 Å². The first-order chi connectivity index (χ1) is 4.83. The van der Waals surface area contributed by atoms with Crippen molar-refractivity contribution in [3.8, 4) is 0 Å². The molecule has 0 atom stereocenters. The van der Waals surface area contributed by atoms with E-state index in [1.165, 1.54) is 32.1 Å². The summed E-state index contributed by atoms with van der Waals surface area (Å²) in [5.41, 5.74) is 0.293. The summed E-state index contributed by atoms with van der Waals surface area (Å²) in [7, 11) is 0. The SMILES string of the molecule is ClCC1(CCl)CCCCC1. The smallest absolute Gasteiger partial charge is 0.0291 e. The zero-order valence-electron chi connectivity index (χ0n) is 6.21. The lowest BCUT2D eigenvalue weighted by Gasteiger charge is -2.33. The molecule has 1 rings (SSSR count). The molecule has 0 aromatic heterocycles. The standard InChI is InChI=1S/C8H14Cl2/c9-6-8(7-10)4-2-1-3-5-8/h1-7H2. The third-order valence-electron chi connectivity index (χ3n) is 2.48. The Labute approximate surface area is 72.9 Å². The molecule has 60 valence electrons. The van der Waals surface area contributed by atoms with Gasteiger partial charge < -0.3 is 0 Å². The Morgan fingerprint density at radius 2 is 1.40 bits per heavy atom. The first-order valence-electron chi connectivity index (χ1n) is 3.95. The Morgan fingerprint density at radius 3 is 1.70 bits per heavy atom. The first-order valence-corrected chi connectivity index (χ1v) is 5.02. The van der Waals surface area contributed by atoms with E-state index < -0.39 is 0 Å². The zero-order valence-corrected chi connectivity index (χ0v) is 7.72. The summed E-state index contributed by atoms with van der Waals surface area (Å²) < 4.78 is 0. The molecule has 0 unspecified atom stereocenters. The normalized spacial score (nSPS) is 24.6. The van der Waals surface area contributed by atoms with Crippen molar-refractivity contribution < 1.29 is 0 Å². The van der Waals surface area contributed by atoms with Crippen LogP contribution in [0.15, 0.2) is 0 Å². The molecule has 0 bridgehead atoms. The third-order valence-corrected chi connectivity index (χ3v) is 3.62. The molecule has 10 heavy (non-hydrogen) atoms. The van der Waals surface area contributed by atoms with Gasteiger partial charge in [-0.2, -0.15) is 0 Å². The topological polar surface area (TPSA) is 0 Å². The Bertz CT molecular complexity index is 89.4. The van der Waals surface area contributed by atoms with Gasteiger partial charge in [0.25, 0.3) is 0 Å². The molecule has 0 spiro atoms. The van der Waals surface area contributed by atoms with E-state index in [4.69, 9.17) is 23.2 Å². The maximum absolute atomic E-state index is 5.85. The van der Waals surface area contributed by atoms with Crippen LogP contribution >= 0.6 is 23.2 Å². The molecule has 0 nitrogen and oxygen atoms in total. The van der Waals surface area contributed by atoms with E-state index in [9.17, 15) is 0 Å². The fourth-order valence-corrected chi connectivity index (χ4v) is 2.42. The summed E-state index contributed by atoms with van der Waals surface area (Å²) in [4.78, 5) is 0. The zero-order chi connectivity index (χ0) is 7.45. The molecule has 1 aliphatic rings. The van der Waals surface area contributed by atoms with Crippen LogP contribution < -0.4 is 0 Å². The predicted molar refractivity (Wildman–Crippen MR) is 47.0 cm³/mol. The Balaban J connectivity index is 2.44. The predicted octanol–water partition coefficient (Wildman–Crippen LogP) is 3.41. The molecule has 0 aromatic carbocycles. The van der Waals surface area contributed by atoms with Gasteiger partial charge in [-0.25, -0.2) is 0 Å². The number of hydrogen-bond donors (Lipinski definition) is 0. The minimum absolute atomic E-state index is 0.293. The van der Waals surface area contributed by atoms with Crippen LogP contribution in [-0.2, 0) is 0 Å². The Hall–Kier alpha value is 0.580. The van der Waals surface area contributed by atoms with Gasteiger partial charge in [0.05, 0.1) is 0 Å². The molecule has 0 aliphatic heterocycles. The largest absolute Gasteiger partial charge is 0.126 e. The monoisotopic (exact) mass is 180 g/mol. The van der Waals surface area contributed by atoms with Gasteiger partial charge in [0.2, 0.25) is 0 Å². The van der Waals surface area contributed by atoms with E-state index in [-0.39, 0.29) is 0 Å². The van der Waals surface area contributed by atoms with E-state index in [2.05, 4.69) is 0 Å². The molecule has 0 aromatic rings. The van der Waals surface area contributed by atoms with Crippen molar-refractivity contribution in [1.82, 2.24) is 0 Å². The third kappa shape index (κ3) is 1.79. The van der Waals surface area contributed by atoms with Crippen LogP contribution in [0, 0.1) is 5.41 Å². The van der Waals surface area contributed by atoms with E-state index in [1.54, 1.807) is 0 Å². The van der Waals surface area contributed by atoms with E-state index in [1.807, 2.05) is 0 Å². The second-order valence-electron chi connectivity index (χ2n) is 3.33. The molecule has 0 saturated heterocycles. The van der Waals surface area contributed by atoms with Gasteiger partial charge in [-0.05, 0) is 18.3 Å². The molecule has 1 fully saturated rings. The van der Waals surface area contributed by atoms with Crippen molar-refractivity contribution in [1.29, 1.82) is 0 Å². The number of alkyl halides is 2. The molecule has 0 N–H and O–H groups in total. The Morgan fingerprint density at radius 1 is 0.900 bits per heavy atom. The van der Waals surface area contributed by atoms with Gasteiger partial charge in [0, 0.05) is 11.8 Å². The highest BCUT2D eigenvalue weighted by Crippen LogP contribution is 2.38. The summed E-state index contributed by atoms with van der Waals surface area (Å²) in [6.07, 6.45) is 6.48. The molecule has 1 aliphatic carbocycles. The fourth-order valence-electron chi connectivity index (χ4n) is 1.60. The van der Waals surface area contributed by atoms with Crippen LogP contribution in [0.25, 0.3) is 0 Å². The van der Waals surface area contributed by atoms with Gasteiger partial charge in [0.1, 0.15) is 0 Å². The molecule has 0 amide bonds. The lowest BCUT2D eigenvalue weighted by Crippen LogP contribution is -2.27. The van der Waals surface area contributed by atoms with Crippen LogP contribution in [0.4, 0.5) is 0 Å². The average molecular weight is 181 g/mol. The molecule has 0 radical (unpaired) electrons. The van der Waals surface area contributed by atoms with Crippen LogP contribution in [0.5, 0.6) is 0 Å². The van der Waals surface area contributed by atoms with Crippen molar-refractivity contribution in [3.05, 3.63) is 0 Å². The molecular weight excluding hydrogens is 167 g/mol. The van der Waals surface area contributed by atoms with Crippen LogP contribution in [0.1, 0.15) is 32.1 Å². The first kappa shape index (κ1) is 8.67. The molecule has 1 saturated carbocycles. The number of hydrogen-bond acceptors (Lipinski definition) is 0. The van der Waals surface area contributed by atoms with Gasteiger partial charge in [-0.3, -0.25) is 0 Å². The highest BCUT2D eigenvalue weighted by Gasteiger charge is 2.29. The van der Waals surface area contributed by atoms with Crippen molar-refractivity contribution in [2.45, 2.75) is 32.1 Å². The summed E-state index contributed by atoms with van der Waals surface area (Å²) in [6.45, 7) is 0. The van der Waals surface area contributed by atoms with E-state index in [0.29, 0.717) is 5.41 Å². The van der Waals surface area contributed by atoms with Crippen LogP contribution in [-0.4, -0.2) is 11.8 Å². The molecular formula is C8H14Cl2. The minimum Gasteiger partial charge on any atom is -0.126 e. The Kier molecular flexibility index (Phi) is 3.32. The maximum Gasteiger partial charge on any atom is 0.0291 e. The highest BCUT2D eigenvalue weighted by molar-refractivity contribution is 6.21. The summed E-state index contributed by atoms with van der Waals surface area (Å²) in [6, 6.07) is 0. The summed E-state index contributed by atoms with van der Waals surface area (Å²) >= 11 is 11.7. The van der Waals surface area contributed by atoms with Gasteiger partial charge in [-0.1, -0.05) is 19.3 Å². The highest BCUT2D eigenvalue weighted by atomic mass is 35.5. The lowest BCUT2D eigenvalue weighted by molar-refractivity contribution is 0.254. The quantitative estimate of drug-likeness (QED) is 0.572. The summed E-state index contributed by atoms with van der Waals surface area (Å²) in [5.74, 6) is 1.49. The lowest BCUT2D eigenvalue weighted by atomic mass is 9.77. The van der Waals surface area contributed by atoms with E-state index in [0.717, 1.165) is 11.8 Å². The average Bonchev–Trinajstić information content (AvgIpc) is 2.06. The maximum atomic E-state index is 5.85. The van der Waals surface area contributed by atoms with E-state index >= 15 is 0 Å². The minimum atomic E-state index is 0.293. The fraction of sp³-hybridized carbons (Fsp3) is 1.00. The molecule has 2 heteroatoms. The summed E-state index contributed by atoms with van der Waals surface area (Å²) in [5, 5.41) is 0. The van der Waals surface area contributed by atoms with Gasteiger partial charge in [0.15, 0.2) is 0 Å². The van der Waals surface area contributed by atoms with Crippen molar-refractivity contribution >= 4 is 23.2 Å². The molecule has 0 heterocycles. The second kappa shape index (κ2) is 3.82. The van der Waals surface area contributed by atoms with Crippen LogP contribution in [0.2, 0.25) is 0 Å². The second-order valence-corrected chi connectivity index (χ2v) is 3.86. The van der Waals surface area contributed by atoms with Gasteiger partial charge >= 0.3 is 0 Å². The van der Waals surface area contributed by atoms with Crippen LogP contribution in [0.3, 0.4) is 0 Å². The number of halogens is 2. The van der Waals surface area contributed by atoms with Crippen molar-refractivity contribution in [2.75, 3.05) is 11.8 Å². The van der Waals surface area contributed by atoms with Crippen molar-refractivity contribution in [2.24, 2.45) is 5.41 Å². The van der Waals surface area contributed by atoms with Gasteiger partial charge in [-0.15, -0.1) is 23.2 Å². The number of rotatable bonds is 2.